The molecule has 18 heavy (non-hydrogen) atoms. The van der Waals surface area contributed by atoms with Crippen LogP contribution < -0.4 is 5.32 Å². The third-order valence-corrected chi connectivity index (χ3v) is 2.13. The Morgan fingerprint density at radius 3 is 2.44 bits per heavy atom. The van der Waals surface area contributed by atoms with Crippen LogP contribution in [0.15, 0.2) is 12.1 Å². The number of nitrogens with one attached hydrogen (secondary N) is 1. The third-order valence-electron chi connectivity index (χ3n) is 2.13. The first-order valence-corrected chi connectivity index (χ1v) is 5.07. The molecule has 0 saturated heterocycles. The van der Waals surface area contributed by atoms with Crippen molar-refractivity contribution in [3.8, 4) is 0 Å². The number of carboxylic acids is 1. The summed E-state index contributed by atoms with van der Waals surface area (Å²) in [6.07, 6.45) is 0.00686. The average molecular weight is 261 g/mol. The van der Waals surface area contributed by atoms with Gasteiger partial charge in [0.05, 0.1) is 5.56 Å². The van der Waals surface area contributed by atoms with Crippen LogP contribution >= 0.6 is 0 Å². The molecule has 0 bridgehead atoms. The number of halogens is 3. The lowest BCUT2D eigenvalue weighted by atomic mass is 10.2. The molecular formula is C11H10F3NO3. The zero-order valence-electron chi connectivity index (χ0n) is 9.17. The van der Waals surface area contributed by atoms with Gasteiger partial charge >= 0.3 is 5.97 Å². The molecule has 98 valence electrons. The number of amides is 1. The molecule has 0 radical (unpaired) electrons. The van der Waals surface area contributed by atoms with Gasteiger partial charge in [-0.25, -0.2) is 13.2 Å². The lowest BCUT2D eigenvalue weighted by Crippen LogP contribution is -2.26. The van der Waals surface area contributed by atoms with Crippen LogP contribution in [0.5, 0.6) is 0 Å². The summed E-state index contributed by atoms with van der Waals surface area (Å²) in [4.78, 5) is 21.6. The first kappa shape index (κ1) is 14.0. The standard InChI is InChI=1S/C11H10F3NO3/c12-7-4-3-6(9(13)10(7)14)11(18)15-5-1-2-8(16)17/h3-4H,1-2,5H2,(H,15,18)(H,16,17). The fourth-order valence-electron chi connectivity index (χ4n) is 1.24. The largest absolute Gasteiger partial charge is 0.481 e. The van der Waals surface area contributed by atoms with E-state index >= 15 is 0 Å². The third kappa shape index (κ3) is 3.47. The van der Waals surface area contributed by atoms with Crippen LogP contribution in [0.2, 0.25) is 0 Å². The maximum atomic E-state index is 13.2. The number of carbonyl (C=O) groups is 2. The van der Waals surface area contributed by atoms with E-state index in [4.69, 9.17) is 5.11 Å². The molecule has 1 aromatic carbocycles. The minimum atomic E-state index is -1.71. The van der Waals surface area contributed by atoms with E-state index in [9.17, 15) is 22.8 Å². The van der Waals surface area contributed by atoms with Crippen LogP contribution in [0.25, 0.3) is 0 Å². The first-order valence-electron chi connectivity index (χ1n) is 5.07. The maximum Gasteiger partial charge on any atom is 0.303 e. The van der Waals surface area contributed by atoms with E-state index in [2.05, 4.69) is 5.32 Å². The predicted molar refractivity (Wildman–Crippen MR) is 55.5 cm³/mol. The molecule has 0 atom stereocenters. The molecule has 0 unspecified atom stereocenters. The second-order valence-corrected chi connectivity index (χ2v) is 3.48. The Labute approximate surface area is 100 Å². The van der Waals surface area contributed by atoms with Crippen molar-refractivity contribution in [2.45, 2.75) is 12.8 Å². The van der Waals surface area contributed by atoms with Gasteiger partial charge in [0.2, 0.25) is 0 Å². The summed E-state index contributed by atoms with van der Waals surface area (Å²) in [6.45, 7) is 0.00354. The Hall–Kier alpha value is -2.05. The minimum absolute atomic E-state index is 0.00354. The molecule has 1 aromatic rings. The van der Waals surface area contributed by atoms with E-state index in [-0.39, 0.29) is 19.4 Å². The second kappa shape index (κ2) is 6.04. The summed E-state index contributed by atoms with van der Waals surface area (Å²) in [5, 5.41) is 10.6. The van der Waals surface area contributed by atoms with E-state index in [1.165, 1.54) is 0 Å². The summed E-state index contributed by atoms with van der Waals surface area (Å²) in [6, 6.07) is 1.46. The van der Waals surface area contributed by atoms with Gasteiger partial charge < -0.3 is 10.4 Å². The molecule has 1 amide bonds. The van der Waals surface area contributed by atoms with Crippen molar-refractivity contribution in [3.63, 3.8) is 0 Å². The lowest BCUT2D eigenvalue weighted by Gasteiger charge is -2.06. The van der Waals surface area contributed by atoms with Crippen LogP contribution in [0, 0.1) is 17.5 Å². The number of carboxylic acid groups (broad SMARTS) is 1. The van der Waals surface area contributed by atoms with Gasteiger partial charge in [-0.15, -0.1) is 0 Å². The number of hydrogen-bond acceptors (Lipinski definition) is 2. The highest BCUT2D eigenvalue weighted by molar-refractivity contribution is 5.94. The topological polar surface area (TPSA) is 66.4 Å². The van der Waals surface area contributed by atoms with Gasteiger partial charge in [0.15, 0.2) is 17.5 Å². The molecule has 0 aliphatic rings. The number of aliphatic carboxylic acids is 1. The molecule has 0 aromatic heterocycles. The monoisotopic (exact) mass is 261 g/mol. The van der Waals surface area contributed by atoms with Crippen LogP contribution in [-0.2, 0) is 4.79 Å². The summed E-state index contributed by atoms with van der Waals surface area (Å²) in [7, 11) is 0. The van der Waals surface area contributed by atoms with Gasteiger partial charge in [-0.2, -0.15) is 0 Å². The first-order chi connectivity index (χ1) is 8.43. The average Bonchev–Trinajstić information content (AvgIpc) is 2.31. The summed E-state index contributed by atoms with van der Waals surface area (Å²) < 4.78 is 38.6. The highest BCUT2D eigenvalue weighted by atomic mass is 19.2. The zero-order valence-corrected chi connectivity index (χ0v) is 9.17. The van der Waals surface area contributed by atoms with Gasteiger partial charge in [0, 0.05) is 13.0 Å². The zero-order chi connectivity index (χ0) is 13.7. The molecule has 7 heteroatoms. The van der Waals surface area contributed by atoms with Gasteiger partial charge in [-0.3, -0.25) is 9.59 Å². The summed E-state index contributed by atoms with van der Waals surface area (Å²) in [5.74, 6) is -6.60. The number of benzene rings is 1. The number of hydrogen-bond donors (Lipinski definition) is 2. The minimum Gasteiger partial charge on any atom is -0.481 e. The van der Waals surface area contributed by atoms with Gasteiger partial charge in [-0.1, -0.05) is 0 Å². The molecule has 2 N–H and O–H groups in total. The molecule has 0 fully saturated rings. The van der Waals surface area contributed by atoms with Gasteiger partial charge in [-0.05, 0) is 18.6 Å². The predicted octanol–water partition coefficient (Wildman–Crippen LogP) is 1.70. The molecule has 0 heterocycles. The normalized spacial score (nSPS) is 10.2. The Morgan fingerprint density at radius 2 is 1.83 bits per heavy atom. The van der Waals surface area contributed by atoms with Crippen molar-refractivity contribution in [3.05, 3.63) is 35.1 Å². The van der Waals surface area contributed by atoms with Gasteiger partial charge in [0.25, 0.3) is 5.91 Å². The summed E-state index contributed by atoms with van der Waals surface area (Å²) in [5.41, 5.74) is -0.621. The molecule has 1 rings (SSSR count). The Kier molecular flexibility index (Phi) is 4.70. The molecule has 4 nitrogen and oxygen atoms in total. The number of rotatable bonds is 5. The van der Waals surface area contributed by atoms with Gasteiger partial charge in [0.1, 0.15) is 0 Å². The molecule has 0 spiro atoms. The Bertz CT molecular complexity index is 477. The maximum absolute atomic E-state index is 13.2. The lowest BCUT2D eigenvalue weighted by molar-refractivity contribution is -0.137. The van der Waals surface area contributed by atoms with E-state index < -0.39 is 34.9 Å². The highest BCUT2D eigenvalue weighted by Crippen LogP contribution is 2.14. The second-order valence-electron chi connectivity index (χ2n) is 3.48. The fraction of sp³-hybridized carbons (Fsp3) is 0.273. The molecular weight excluding hydrogens is 251 g/mol. The molecule has 0 aliphatic heterocycles. The Morgan fingerprint density at radius 1 is 1.17 bits per heavy atom. The van der Waals surface area contributed by atoms with E-state index in [1.54, 1.807) is 0 Å². The molecule has 0 saturated carbocycles. The van der Waals surface area contributed by atoms with Crippen molar-refractivity contribution in [2.24, 2.45) is 0 Å². The molecule has 0 aliphatic carbocycles. The van der Waals surface area contributed by atoms with Crippen LogP contribution in [-0.4, -0.2) is 23.5 Å². The van der Waals surface area contributed by atoms with Crippen molar-refractivity contribution in [1.82, 2.24) is 5.32 Å². The summed E-state index contributed by atoms with van der Waals surface area (Å²) >= 11 is 0. The van der Waals surface area contributed by atoms with Crippen molar-refractivity contribution in [1.29, 1.82) is 0 Å². The smallest absolute Gasteiger partial charge is 0.303 e. The number of carbonyl (C=O) groups excluding carboxylic acids is 1. The fourth-order valence-corrected chi connectivity index (χ4v) is 1.24. The highest BCUT2D eigenvalue weighted by Gasteiger charge is 2.18. The van der Waals surface area contributed by atoms with Crippen LogP contribution in [0.1, 0.15) is 23.2 Å². The van der Waals surface area contributed by atoms with Crippen LogP contribution in [0.4, 0.5) is 13.2 Å². The Balaban J connectivity index is 2.62. The quantitative estimate of drug-likeness (QED) is 0.626. The van der Waals surface area contributed by atoms with E-state index in [1.807, 2.05) is 0 Å². The SMILES string of the molecule is O=C(O)CCCNC(=O)c1ccc(F)c(F)c1F. The van der Waals surface area contributed by atoms with E-state index in [0.717, 1.165) is 6.07 Å². The van der Waals surface area contributed by atoms with Crippen molar-refractivity contribution < 1.29 is 27.9 Å². The van der Waals surface area contributed by atoms with Crippen molar-refractivity contribution >= 4 is 11.9 Å². The van der Waals surface area contributed by atoms with E-state index in [0.29, 0.717) is 6.07 Å². The van der Waals surface area contributed by atoms with Crippen LogP contribution in [0.3, 0.4) is 0 Å². The van der Waals surface area contributed by atoms with Crippen molar-refractivity contribution in [2.75, 3.05) is 6.54 Å².